The van der Waals surface area contributed by atoms with E-state index >= 15 is 0 Å². The number of nitrogens with zero attached hydrogens (tertiary/aromatic N) is 2. The van der Waals surface area contributed by atoms with Crippen molar-refractivity contribution in [2.45, 2.75) is 78.1 Å². The van der Waals surface area contributed by atoms with Crippen molar-refractivity contribution in [2.24, 2.45) is 11.8 Å². The van der Waals surface area contributed by atoms with E-state index in [4.69, 9.17) is 0 Å². The van der Waals surface area contributed by atoms with Crippen LogP contribution in [0.2, 0.25) is 0 Å². The van der Waals surface area contributed by atoms with E-state index in [1.165, 1.54) is 62.5 Å². The first-order valence-corrected chi connectivity index (χ1v) is 10.7. The average Bonchev–Trinajstić information content (AvgIpc) is 2.72. The van der Waals surface area contributed by atoms with Crippen molar-refractivity contribution in [2.75, 3.05) is 0 Å². The van der Waals surface area contributed by atoms with Gasteiger partial charge in [0.25, 0.3) is 0 Å². The molecule has 1 fully saturated rings. The lowest BCUT2D eigenvalue weighted by Gasteiger charge is -2.28. The molecule has 0 aliphatic heterocycles. The lowest BCUT2D eigenvalue weighted by Crippen LogP contribution is -2.15. The summed E-state index contributed by atoms with van der Waals surface area (Å²) in [5.41, 5.74) is 3.75. The Kier molecular flexibility index (Phi) is 7.22. The molecule has 0 amide bonds. The molecule has 1 aliphatic rings. The summed E-state index contributed by atoms with van der Waals surface area (Å²) >= 11 is 0. The normalized spacial score (nSPS) is 20.2. The molecule has 3 rings (SSSR count). The van der Waals surface area contributed by atoms with E-state index in [0.717, 1.165) is 36.1 Å². The first kappa shape index (κ1) is 19.1. The van der Waals surface area contributed by atoms with Crippen molar-refractivity contribution in [3.63, 3.8) is 0 Å². The summed E-state index contributed by atoms with van der Waals surface area (Å²) in [6.45, 7) is 4.48. The van der Waals surface area contributed by atoms with Crippen molar-refractivity contribution in [1.82, 2.24) is 9.97 Å². The van der Waals surface area contributed by atoms with Crippen LogP contribution in [0.1, 0.15) is 76.3 Å². The molecule has 1 aromatic heterocycles. The molecule has 1 aromatic carbocycles. The Bertz CT molecular complexity index is 637. The van der Waals surface area contributed by atoms with Crippen LogP contribution >= 0.6 is 0 Å². The molecule has 0 unspecified atom stereocenters. The van der Waals surface area contributed by atoms with Crippen LogP contribution in [0.5, 0.6) is 0 Å². The summed E-state index contributed by atoms with van der Waals surface area (Å²) < 4.78 is 0. The quantitative estimate of drug-likeness (QED) is 0.533. The summed E-state index contributed by atoms with van der Waals surface area (Å²) in [7, 11) is 0. The van der Waals surface area contributed by atoms with Crippen LogP contribution in [0.4, 0.5) is 0 Å². The monoisotopic (exact) mass is 350 g/mol. The second-order valence-corrected chi connectivity index (χ2v) is 8.03. The van der Waals surface area contributed by atoms with Crippen LogP contribution in [-0.4, -0.2) is 9.97 Å². The Morgan fingerprint density at radius 2 is 1.42 bits per heavy atom. The highest BCUT2D eigenvalue weighted by molar-refractivity contribution is 5.55. The highest BCUT2D eigenvalue weighted by Gasteiger charge is 2.20. The number of rotatable bonds is 8. The first-order valence-electron chi connectivity index (χ1n) is 10.7. The van der Waals surface area contributed by atoms with Crippen LogP contribution < -0.4 is 0 Å². The third-order valence-corrected chi connectivity index (χ3v) is 6.10. The van der Waals surface area contributed by atoms with Crippen molar-refractivity contribution < 1.29 is 0 Å². The van der Waals surface area contributed by atoms with Crippen molar-refractivity contribution >= 4 is 0 Å². The molecular formula is C24H34N2. The van der Waals surface area contributed by atoms with Gasteiger partial charge in [-0.05, 0) is 42.2 Å². The Morgan fingerprint density at radius 3 is 2.00 bits per heavy atom. The summed E-state index contributed by atoms with van der Waals surface area (Å²) in [5, 5.41) is 0. The zero-order valence-corrected chi connectivity index (χ0v) is 16.6. The summed E-state index contributed by atoms with van der Waals surface area (Å²) in [6.07, 6.45) is 17.5. The van der Waals surface area contributed by atoms with E-state index in [2.05, 4.69) is 48.1 Å². The molecule has 0 N–H and O–H groups in total. The largest absolute Gasteiger partial charge is 0.236 e. The van der Waals surface area contributed by atoms with Gasteiger partial charge in [0, 0.05) is 18.0 Å². The van der Waals surface area contributed by atoms with Crippen molar-refractivity contribution in [1.29, 1.82) is 0 Å². The van der Waals surface area contributed by atoms with Crippen LogP contribution in [-0.2, 0) is 12.8 Å². The third-order valence-electron chi connectivity index (χ3n) is 6.10. The van der Waals surface area contributed by atoms with Crippen LogP contribution in [0.15, 0.2) is 36.7 Å². The minimum Gasteiger partial charge on any atom is -0.236 e. The Labute approximate surface area is 159 Å². The Balaban J connectivity index is 1.46. The molecule has 2 aromatic rings. The number of hydrogen-bond donors (Lipinski definition) is 0. The van der Waals surface area contributed by atoms with Gasteiger partial charge in [0.15, 0.2) is 5.82 Å². The maximum Gasteiger partial charge on any atom is 0.159 e. The molecule has 1 heterocycles. The maximum atomic E-state index is 4.60. The fraction of sp³-hybridized carbons (Fsp3) is 0.583. The van der Waals surface area contributed by atoms with Gasteiger partial charge in [0.05, 0.1) is 0 Å². The van der Waals surface area contributed by atoms with Crippen LogP contribution in [0, 0.1) is 11.8 Å². The lowest BCUT2D eigenvalue weighted by molar-refractivity contribution is 0.250. The van der Waals surface area contributed by atoms with Gasteiger partial charge in [0.1, 0.15) is 0 Å². The minimum absolute atomic E-state index is 0.841. The molecule has 0 atom stereocenters. The van der Waals surface area contributed by atoms with Crippen LogP contribution in [0.3, 0.4) is 0 Å². The molecule has 2 heteroatoms. The van der Waals surface area contributed by atoms with E-state index in [1.54, 1.807) is 0 Å². The molecular weight excluding hydrogens is 316 g/mol. The average molecular weight is 351 g/mol. The second kappa shape index (κ2) is 9.85. The minimum atomic E-state index is 0.841. The van der Waals surface area contributed by atoms with E-state index < -0.39 is 0 Å². The van der Waals surface area contributed by atoms with E-state index in [-0.39, 0.29) is 0 Å². The SMILES string of the molecule is CCCCC1CCC(CCc2cnc(-c3ccc(CC)cc3)nc2)CC1. The predicted octanol–water partition coefficient (Wildman–Crippen LogP) is 6.64. The standard InChI is InChI=1S/C24H34N2/c1-3-5-6-20-7-9-21(10-8-20)11-12-22-17-25-24(26-18-22)23-15-13-19(4-2)14-16-23/h13-18,20-21H,3-12H2,1-2H3. The number of hydrogen-bond acceptors (Lipinski definition) is 2. The van der Waals surface area contributed by atoms with Gasteiger partial charge in [-0.3, -0.25) is 0 Å². The predicted molar refractivity (Wildman–Crippen MR) is 110 cm³/mol. The molecule has 0 spiro atoms. The van der Waals surface area contributed by atoms with Gasteiger partial charge in [-0.25, -0.2) is 9.97 Å². The number of aryl methyl sites for hydroxylation is 2. The zero-order valence-electron chi connectivity index (χ0n) is 16.6. The fourth-order valence-corrected chi connectivity index (χ4v) is 4.19. The summed E-state index contributed by atoms with van der Waals surface area (Å²) in [5.74, 6) is 2.76. The van der Waals surface area contributed by atoms with Crippen molar-refractivity contribution in [3.8, 4) is 11.4 Å². The highest BCUT2D eigenvalue weighted by atomic mass is 14.9. The van der Waals surface area contributed by atoms with Gasteiger partial charge < -0.3 is 0 Å². The van der Waals surface area contributed by atoms with Gasteiger partial charge >= 0.3 is 0 Å². The first-order chi connectivity index (χ1) is 12.8. The zero-order chi connectivity index (χ0) is 18.2. The Hall–Kier alpha value is -1.70. The van der Waals surface area contributed by atoms with E-state index in [1.807, 2.05) is 12.4 Å². The second-order valence-electron chi connectivity index (χ2n) is 8.03. The van der Waals surface area contributed by atoms with Gasteiger partial charge in [-0.15, -0.1) is 0 Å². The maximum absolute atomic E-state index is 4.60. The number of benzene rings is 1. The third kappa shape index (κ3) is 5.40. The number of unbranched alkanes of at least 4 members (excludes halogenated alkanes) is 1. The fourth-order valence-electron chi connectivity index (χ4n) is 4.19. The Morgan fingerprint density at radius 1 is 0.808 bits per heavy atom. The van der Waals surface area contributed by atoms with Crippen LogP contribution in [0.25, 0.3) is 11.4 Å². The lowest BCUT2D eigenvalue weighted by atomic mass is 9.78. The topological polar surface area (TPSA) is 25.8 Å². The smallest absolute Gasteiger partial charge is 0.159 e. The van der Waals surface area contributed by atoms with Gasteiger partial charge in [-0.2, -0.15) is 0 Å². The highest BCUT2D eigenvalue weighted by Crippen LogP contribution is 2.34. The van der Waals surface area contributed by atoms with Gasteiger partial charge in [-0.1, -0.05) is 83.1 Å². The van der Waals surface area contributed by atoms with Gasteiger partial charge in [0.2, 0.25) is 0 Å². The van der Waals surface area contributed by atoms with E-state index in [9.17, 15) is 0 Å². The molecule has 1 saturated carbocycles. The summed E-state index contributed by atoms with van der Waals surface area (Å²) in [4.78, 5) is 9.21. The molecule has 0 bridgehead atoms. The summed E-state index contributed by atoms with van der Waals surface area (Å²) in [6, 6.07) is 8.60. The molecule has 2 nitrogen and oxygen atoms in total. The molecule has 0 saturated heterocycles. The molecule has 26 heavy (non-hydrogen) atoms. The number of aromatic nitrogens is 2. The molecule has 0 radical (unpaired) electrons. The van der Waals surface area contributed by atoms with Crippen molar-refractivity contribution in [3.05, 3.63) is 47.8 Å². The molecule has 140 valence electrons. The van der Waals surface area contributed by atoms with E-state index in [0.29, 0.717) is 0 Å². The molecule has 1 aliphatic carbocycles.